The number of anilines is 2. The monoisotopic (exact) mass is 601 g/mol. The molecule has 1 aliphatic heterocycles. The molecule has 0 aromatic heterocycles. The maximum atomic E-state index is 13.3. The zero-order chi connectivity index (χ0) is 29.0. The molecular formula is C28H22Cl3N3O6. The molecule has 3 aromatic rings. The second-order valence-electron chi connectivity index (χ2n) is 8.45. The summed E-state index contributed by atoms with van der Waals surface area (Å²) in [6.45, 7) is 3.37. The molecule has 2 N–H and O–H groups in total. The van der Waals surface area contributed by atoms with Crippen LogP contribution in [0.25, 0.3) is 6.08 Å². The van der Waals surface area contributed by atoms with Crippen LogP contribution in [0.15, 0.2) is 60.2 Å². The van der Waals surface area contributed by atoms with Crippen molar-refractivity contribution >= 4 is 76.0 Å². The number of benzene rings is 3. The lowest BCUT2D eigenvalue weighted by Gasteiger charge is -2.27. The molecule has 4 rings (SSSR count). The van der Waals surface area contributed by atoms with Crippen LogP contribution in [0, 0.1) is 6.92 Å². The van der Waals surface area contributed by atoms with Gasteiger partial charge in [-0.15, -0.1) is 0 Å². The lowest BCUT2D eigenvalue weighted by Crippen LogP contribution is -2.54. The molecule has 1 saturated heterocycles. The van der Waals surface area contributed by atoms with Crippen LogP contribution in [0.2, 0.25) is 15.1 Å². The van der Waals surface area contributed by atoms with Gasteiger partial charge in [-0.1, -0.05) is 46.9 Å². The number of ether oxygens (including phenoxy) is 2. The predicted octanol–water partition coefficient (Wildman–Crippen LogP) is 6.04. The Morgan fingerprint density at radius 2 is 1.73 bits per heavy atom. The minimum Gasteiger partial charge on any atom is -0.490 e. The lowest BCUT2D eigenvalue weighted by atomic mass is 10.1. The van der Waals surface area contributed by atoms with Gasteiger partial charge >= 0.3 is 6.03 Å². The van der Waals surface area contributed by atoms with E-state index in [4.69, 9.17) is 44.3 Å². The van der Waals surface area contributed by atoms with Crippen LogP contribution >= 0.6 is 34.8 Å². The summed E-state index contributed by atoms with van der Waals surface area (Å²) < 4.78 is 11.3. The predicted molar refractivity (Wildman–Crippen MR) is 153 cm³/mol. The van der Waals surface area contributed by atoms with E-state index in [2.05, 4.69) is 10.6 Å². The van der Waals surface area contributed by atoms with Gasteiger partial charge in [0.25, 0.3) is 17.7 Å². The molecule has 0 saturated carbocycles. The van der Waals surface area contributed by atoms with Gasteiger partial charge in [0.1, 0.15) is 5.57 Å². The molecule has 0 spiro atoms. The highest BCUT2D eigenvalue weighted by Gasteiger charge is 2.37. The molecule has 0 atom stereocenters. The molecule has 12 heteroatoms. The van der Waals surface area contributed by atoms with Gasteiger partial charge in [-0.05, 0) is 73.5 Å². The van der Waals surface area contributed by atoms with E-state index < -0.39 is 23.8 Å². The number of halogens is 3. The number of urea groups is 1. The fourth-order valence-electron chi connectivity index (χ4n) is 3.80. The first-order chi connectivity index (χ1) is 19.1. The van der Waals surface area contributed by atoms with Crippen LogP contribution in [-0.2, 0) is 14.4 Å². The Kier molecular flexibility index (Phi) is 8.99. The van der Waals surface area contributed by atoms with Crippen LogP contribution in [0.4, 0.5) is 16.2 Å². The minimum atomic E-state index is -0.879. The first-order valence-corrected chi connectivity index (χ1v) is 13.0. The Labute approximate surface area is 244 Å². The number of imide groups is 2. The van der Waals surface area contributed by atoms with Gasteiger partial charge in [0, 0.05) is 10.7 Å². The van der Waals surface area contributed by atoms with Crippen LogP contribution in [0.5, 0.6) is 11.5 Å². The zero-order valence-corrected chi connectivity index (χ0v) is 23.5. The number of carbonyl (C=O) groups is 4. The molecule has 1 aliphatic rings. The molecule has 206 valence electrons. The van der Waals surface area contributed by atoms with E-state index in [0.29, 0.717) is 31.9 Å². The first-order valence-electron chi connectivity index (χ1n) is 11.9. The zero-order valence-electron chi connectivity index (χ0n) is 21.2. The fourth-order valence-corrected chi connectivity index (χ4v) is 4.27. The number of barbiturate groups is 1. The van der Waals surface area contributed by atoms with Gasteiger partial charge in [-0.2, -0.15) is 0 Å². The summed E-state index contributed by atoms with van der Waals surface area (Å²) in [4.78, 5) is 51.7. The topological polar surface area (TPSA) is 114 Å². The van der Waals surface area contributed by atoms with Gasteiger partial charge in [-0.3, -0.25) is 19.7 Å². The number of hydrogen-bond donors (Lipinski definition) is 2. The van der Waals surface area contributed by atoms with Gasteiger partial charge in [-0.25, -0.2) is 9.69 Å². The number of nitrogens with zero attached hydrogens (tertiary/aromatic N) is 1. The van der Waals surface area contributed by atoms with Gasteiger partial charge in [0.2, 0.25) is 0 Å². The highest BCUT2D eigenvalue weighted by atomic mass is 35.5. The smallest absolute Gasteiger partial charge is 0.335 e. The summed E-state index contributed by atoms with van der Waals surface area (Å²) in [7, 11) is 0. The molecule has 9 nitrogen and oxygen atoms in total. The second-order valence-corrected chi connectivity index (χ2v) is 9.67. The number of hydrogen-bond acceptors (Lipinski definition) is 6. The quantitative estimate of drug-likeness (QED) is 0.240. The Hall–Kier alpha value is -4.05. The van der Waals surface area contributed by atoms with Crippen molar-refractivity contribution in [2.75, 3.05) is 23.4 Å². The van der Waals surface area contributed by atoms with Crippen LogP contribution in [0.1, 0.15) is 18.1 Å². The summed E-state index contributed by atoms with van der Waals surface area (Å²) in [5.74, 6) is -1.56. The molecule has 0 unspecified atom stereocenters. The third-order valence-corrected chi connectivity index (χ3v) is 6.87. The van der Waals surface area contributed by atoms with E-state index in [-0.39, 0.29) is 36.0 Å². The van der Waals surface area contributed by atoms with Crippen molar-refractivity contribution in [2.45, 2.75) is 13.8 Å². The Morgan fingerprint density at radius 1 is 0.950 bits per heavy atom. The Morgan fingerprint density at radius 3 is 2.45 bits per heavy atom. The second kappa shape index (κ2) is 12.4. The molecule has 3 aromatic carbocycles. The molecule has 5 amide bonds. The number of nitrogens with one attached hydrogen (secondary N) is 2. The normalized spacial score (nSPS) is 14.3. The maximum Gasteiger partial charge on any atom is 0.335 e. The lowest BCUT2D eigenvalue weighted by molar-refractivity contribution is -0.122. The van der Waals surface area contributed by atoms with Crippen molar-refractivity contribution in [3.05, 3.63) is 86.4 Å². The van der Waals surface area contributed by atoms with Crippen molar-refractivity contribution in [3.63, 3.8) is 0 Å². The van der Waals surface area contributed by atoms with Crippen LogP contribution < -0.4 is 25.0 Å². The van der Waals surface area contributed by atoms with Gasteiger partial charge in [0.05, 0.1) is 22.3 Å². The van der Waals surface area contributed by atoms with Gasteiger partial charge < -0.3 is 14.8 Å². The van der Waals surface area contributed by atoms with Crippen molar-refractivity contribution < 1.29 is 28.7 Å². The molecule has 40 heavy (non-hydrogen) atoms. The summed E-state index contributed by atoms with van der Waals surface area (Å²) >= 11 is 18.1. The molecular weight excluding hydrogens is 581 g/mol. The summed E-state index contributed by atoms with van der Waals surface area (Å²) in [6.07, 6.45) is 1.33. The molecule has 1 heterocycles. The molecule has 0 aliphatic carbocycles. The van der Waals surface area contributed by atoms with Gasteiger partial charge in [0.15, 0.2) is 18.1 Å². The van der Waals surface area contributed by atoms with Crippen LogP contribution in [0.3, 0.4) is 0 Å². The van der Waals surface area contributed by atoms with Crippen LogP contribution in [-0.4, -0.2) is 37.0 Å². The molecule has 0 radical (unpaired) electrons. The summed E-state index contributed by atoms with van der Waals surface area (Å²) in [5, 5.41) is 5.86. The summed E-state index contributed by atoms with van der Waals surface area (Å²) in [5.41, 5.74) is 1.37. The van der Waals surface area contributed by atoms with Crippen molar-refractivity contribution in [1.29, 1.82) is 0 Å². The number of amides is 5. The van der Waals surface area contributed by atoms with Crippen molar-refractivity contribution in [3.8, 4) is 11.5 Å². The van der Waals surface area contributed by atoms with E-state index in [1.54, 1.807) is 62.4 Å². The highest BCUT2D eigenvalue weighted by molar-refractivity contribution is 6.42. The SMILES string of the molecule is CCOc1cc(/C=C2/C(=O)NC(=O)N(c3cccc(Cl)c3C)C2=O)ccc1OCC(=O)Nc1ccc(Cl)c(Cl)c1. The van der Waals surface area contributed by atoms with E-state index in [1.165, 1.54) is 12.1 Å². The fraction of sp³-hybridized carbons (Fsp3) is 0.143. The van der Waals surface area contributed by atoms with Crippen molar-refractivity contribution in [2.24, 2.45) is 0 Å². The molecule has 0 bridgehead atoms. The van der Waals surface area contributed by atoms with E-state index in [9.17, 15) is 19.2 Å². The number of rotatable bonds is 8. The number of carbonyl (C=O) groups excluding carboxylic acids is 4. The largest absolute Gasteiger partial charge is 0.490 e. The van der Waals surface area contributed by atoms with E-state index in [1.807, 2.05) is 0 Å². The standard InChI is InChI=1S/C28H22Cl3N3O6/c1-3-39-24-12-16(7-10-23(24)40-14-25(35)32-17-8-9-20(30)21(31)13-17)11-18-26(36)33-28(38)34(27(18)37)22-6-4-5-19(29)15(22)2/h4-13H,3,14H2,1-2H3,(H,32,35)(H,33,36,38)/b18-11-. The van der Waals surface area contributed by atoms with E-state index in [0.717, 1.165) is 4.90 Å². The maximum absolute atomic E-state index is 13.3. The Balaban J connectivity index is 1.54. The third-order valence-electron chi connectivity index (χ3n) is 5.72. The molecule has 1 fully saturated rings. The third kappa shape index (κ3) is 6.39. The average molecular weight is 603 g/mol. The minimum absolute atomic E-state index is 0.256. The van der Waals surface area contributed by atoms with Crippen molar-refractivity contribution in [1.82, 2.24) is 5.32 Å². The Bertz CT molecular complexity index is 1560. The highest BCUT2D eigenvalue weighted by Crippen LogP contribution is 2.32. The van der Waals surface area contributed by atoms with E-state index >= 15 is 0 Å². The average Bonchev–Trinajstić information content (AvgIpc) is 2.90. The summed E-state index contributed by atoms with van der Waals surface area (Å²) in [6, 6.07) is 13.3. The first kappa shape index (κ1) is 28.9.